The summed E-state index contributed by atoms with van der Waals surface area (Å²) in [6, 6.07) is 0.335. The van der Waals surface area contributed by atoms with Gasteiger partial charge in [-0.05, 0) is 6.92 Å². The molecule has 1 fully saturated rings. The molecular formula is C10H17N5O. The van der Waals surface area contributed by atoms with Crippen molar-refractivity contribution < 1.29 is 4.79 Å². The van der Waals surface area contributed by atoms with Crippen LogP contribution < -0.4 is 5.32 Å². The second-order valence-corrected chi connectivity index (χ2v) is 4.07. The first kappa shape index (κ1) is 11.1. The molecule has 2 N–H and O–H groups in total. The summed E-state index contributed by atoms with van der Waals surface area (Å²) in [4.78, 5) is 18.0. The lowest BCUT2D eigenvalue weighted by molar-refractivity contribution is 0.0697. The molecule has 0 radical (unpaired) electrons. The first-order valence-electron chi connectivity index (χ1n) is 5.64. The van der Waals surface area contributed by atoms with Gasteiger partial charge >= 0.3 is 0 Å². The number of nitrogens with one attached hydrogen (secondary N) is 2. The molecule has 2 rings (SSSR count). The first-order chi connectivity index (χ1) is 7.70. The molecule has 1 aromatic rings. The summed E-state index contributed by atoms with van der Waals surface area (Å²) in [5, 5.41) is 9.99. The Morgan fingerprint density at radius 2 is 2.44 bits per heavy atom. The number of aromatic nitrogens is 3. The Kier molecular flexibility index (Phi) is 3.19. The molecule has 0 aromatic carbocycles. The molecule has 1 atom stereocenters. The van der Waals surface area contributed by atoms with Gasteiger partial charge < -0.3 is 10.2 Å². The summed E-state index contributed by atoms with van der Waals surface area (Å²) in [5.74, 6) is 0.960. The second-order valence-electron chi connectivity index (χ2n) is 4.07. The summed E-state index contributed by atoms with van der Waals surface area (Å²) in [6.07, 6.45) is 0.762. The van der Waals surface area contributed by atoms with Crippen molar-refractivity contribution in [3.63, 3.8) is 0 Å². The third kappa shape index (κ3) is 2.21. The highest BCUT2D eigenvalue weighted by Crippen LogP contribution is 2.04. The minimum absolute atomic E-state index is 0.0794. The summed E-state index contributed by atoms with van der Waals surface area (Å²) in [6.45, 7) is 6.31. The largest absolute Gasteiger partial charge is 0.333 e. The van der Waals surface area contributed by atoms with Crippen molar-refractivity contribution in [2.75, 3.05) is 19.6 Å². The summed E-state index contributed by atoms with van der Waals surface area (Å²) >= 11 is 0. The molecule has 1 aromatic heterocycles. The predicted molar refractivity (Wildman–Crippen MR) is 59.1 cm³/mol. The van der Waals surface area contributed by atoms with Gasteiger partial charge in [-0.2, -0.15) is 0 Å². The fourth-order valence-electron chi connectivity index (χ4n) is 1.81. The molecule has 0 aliphatic carbocycles. The molecule has 0 saturated carbocycles. The maximum Gasteiger partial charge on any atom is 0.293 e. The lowest BCUT2D eigenvalue weighted by atomic mass is 10.2. The Morgan fingerprint density at radius 3 is 3.06 bits per heavy atom. The van der Waals surface area contributed by atoms with Gasteiger partial charge in [-0.25, -0.2) is 4.98 Å². The van der Waals surface area contributed by atoms with E-state index in [4.69, 9.17) is 0 Å². The van der Waals surface area contributed by atoms with E-state index in [9.17, 15) is 4.79 Å². The van der Waals surface area contributed by atoms with Crippen molar-refractivity contribution in [1.82, 2.24) is 25.4 Å². The molecule has 0 spiro atoms. The van der Waals surface area contributed by atoms with E-state index in [1.807, 2.05) is 6.92 Å². The SMILES string of the molecule is CCc1nc(C(=O)N2CCN[C@H](C)C2)n[nH]1. The van der Waals surface area contributed by atoms with E-state index >= 15 is 0 Å². The van der Waals surface area contributed by atoms with Gasteiger partial charge in [0.2, 0.25) is 5.82 Å². The number of carbonyl (C=O) groups is 1. The Balaban J connectivity index is 2.06. The Labute approximate surface area is 94.4 Å². The van der Waals surface area contributed by atoms with Crippen LogP contribution in [-0.4, -0.2) is 51.7 Å². The van der Waals surface area contributed by atoms with Crippen LogP contribution in [0.15, 0.2) is 0 Å². The molecule has 0 unspecified atom stereocenters. The van der Waals surface area contributed by atoms with E-state index in [1.54, 1.807) is 4.90 Å². The summed E-state index contributed by atoms with van der Waals surface area (Å²) in [7, 11) is 0. The maximum absolute atomic E-state index is 12.0. The van der Waals surface area contributed by atoms with Crippen molar-refractivity contribution in [2.24, 2.45) is 0 Å². The average Bonchev–Trinajstić information content (AvgIpc) is 2.76. The Bertz CT molecular complexity index is 375. The lowest BCUT2D eigenvalue weighted by Gasteiger charge is -2.30. The number of rotatable bonds is 2. The van der Waals surface area contributed by atoms with Gasteiger partial charge in [-0.3, -0.25) is 9.89 Å². The van der Waals surface area contributed by atoms with Crippen LogP contribution in [0.25, 0.3) is 0 Å². The van der Waals surface area contributed by atoms with Gasteiger partial charge in [-0.15, -0.1) is 5.10 Å². The van der Waals surface area contributed by atoms with Crippen LogP contribution in [-0.2, 0) is 6.42 Å². The van der Waals surface area contributed by atoms with E-state index < -0.39 is 0 Å². The Hall–Kier alpha value is -1.43. The normalized spacial score (nSPS) is 21.1. The van der Waals surface area contributed by atoms with E-state index in [1.165, 1.54) is 0 Å². The van der Waals surface area contributed by atoms with E-state index in [0.717, 1.165) is 31.9 Å². The zero-order valence-electron chi connectivity index (χ0n) is 9.66. The topological polar surface area (TPSA) is 73.9 Å². The Morgan fingerprint density at radius 1 is 1.62 bits per heavy atom. The van der Waals surface area contributed by atoms with E-state index in [-0.39, 0.29) is 11.7 Å². The number of aromatic amines is 1. The fraction of sp³-hybridized carbons (Fsp3) is 0.700. The smallest absolute Gasteiger partial charge is 0.293 e. The molecule has 6 heteroatoms. The van der Waals surface area contributed by atoms with Crippen LogP contribution in [0.4, 0.5) is 0 Å². The summed E-state index contributed by atoms with van der Waals surface area (Å²) < 4.78 is 0. The first-order valence-corrected chi connectivity index (χ1v) is 5.64. The van der Waals surface area contributed by atoms with Crippen LogP contribution >= 0.6 is 0 Å². The number of piperazine rings is 1. The zero-order valence-corrected chi connectivity index (χ0v) is 9.66. The van der Waals surface area contributed by atoms with Gasteiger partial charge in [0.1, 0.15) is 5.82 Å². The third-order valence-electron chi connectivity index (χ3n) is 2.71. The highest BCUT2D eigenvalue weighted by Gasteiger charge is 2.24. The van der Waals surface area contributed by atoms with E-state index in [0.29, 0.717) is 6.04 Å². The number of hydrogen-bond acceptors (Lipinski definition) is 4. The highest BCUT2D eigenvalue weighted by atomic mass is 16.2. The van der Waals surface area contributed by atoms with Crippen molar-refractivity contribution in [1.29, 1.82) is 0 Å². The molecule has 1 aliphatic rings. The van der Waals surface area contributed by atoms with Crippen LogP contribution in [0.1, 0.15) is 30.3 Å². The summed E-state index contributed by atoms with van der Waals surface area (Å²) in [5.41, 5.74) is 0. The lowest BCUT2D eigenvalue weighted by Crippen LogP contribution is -2.51. The third-order valence-corrected chi connectivity index (χ3v) is 2.71. The van der Waals surface area contributed by atoms with Gasteiger partial charge in [0.15, 0.2) is 0 Å². The number of nitrogens with zero attached hydrogens (tertiary/aromatic N) is 3. The molecule has 0 bridgehead atoms. The monoisotopic (exact) mass is 223 g/mol. The molecular weight excluding hydrogens is 206 g/mol. The number of aryl methyl sites for hydroxylation is 1. The number of carbonyl (C=O) groups excluding carboxylic acids is 1. The highest BCUT2D eigenvalue weighted by molar-refractivity contribution is 5.90. The predicted octanol–water partition coefficient (Wildman–Crippen LogP) is -0.199. The zero-order chi connectivity index (χ0) is 11.5. The standard InChI is InChI=1S/C10H17N5O/c1-3-8-12-9(14-13-8)10(16)15-5-4-11-7(2)6-15/h7,11H,3-6H2,1-2H3,(H,12,13,14)/t7-/m1/s1. The van der Waals surface area contributed by atoms with Gasteiger partial charge in [-0.1, -0.05) is 6.92 Å². The van der Waals surface area contributed by atoms with Crippen LogP contribution in [0.2, 0.25) is 0 Å². The fourth-order valence-corrected chi connectivity index (χ4v) is 1.81. The molecule has 2 heterocycles. The van der Waals surface area contributed by atoms with Crippen molar-refractivity contribution in [3.8, 4) is 0 Å². The van der Waals surface area contributed by atoms with Crippen molar-refractivity contribution in [2.45, 2.75) is 26.3 Å². The van der Waals surface area contributed by atoms with Crippen molar-refractivity contribution >= 4 is 5.91 Å². The molecule has 1 amide bonds. The molecule has 6 nitrogen and oxygen atoms in total. The maximum atomic E-state index is 12.0. The molecule has 88 valence electrons. The minimum Gasteiger partial charge on any atom is -0.333 e. The quantitative estimate of drug-likeness (QED) is 0.728. The van der Waals surface area contributed by atoms with Crippen molar-refractivity contribution in [3.05, 3.63) is 11.6 Å². The number of hydrogen-bond donors (Lipinski definition) is 2. The molecule has 1 aliphatic heterocycles. The van der Waals surface area contributed by atoms with Gasteiger partial charge in [0, 0.05) is 32.1 Å². The second kappa shape index (κ2) is 4.61. The van der Waals surface area contributed by atoms with Crippen LogP contribution in [0.3, 0.4) is 0 Å². The van der Waals surface area contributed by atoms with E-state index in [2.05, 4.69) is 27.4 Å². The molecule has 1 saturated heterocycles. The number of H-pyrrole nitrogens is 1. The average molecular weight is 223 g/mol. The van der Waals surface area contributed by atoms with Gasteiger partial charge in [0.25, 0.3) is 5.91 Å². The number of amides is 1. The van der Waals surface area contributed by atoms with Gasteiger partial charge in [0.05, 0.1) is 0 Å². The van der Waals surface area contributed by atoms with Crippen LogP contribution in [0.5, 0.6) is 0 Å². The minimum atomic E-state index is -0.0794. The van der Waals surface area contributed by atoms with Crippen LogP contribution in [0, 0.1) is 0 Å². The molecule has 16 heavy (non-hydrogen) atoms.